The molecule has 0 unspecified atom stereocenters. The predicted octanol–water partition coefficient (Wildman–Crippen LogP) is 2.83. The van der Waals surface area contributed by atoms with Crippen LogP contribution in [-0.2, 0) is 0 Å². The Kier molecular flexibility index (Phi) is 3.97. The summed E-state index contributed by atoms with van der Waals surface area (Å²) < 4.78 is 11.0. The minimum absolute atomic E-state index is 0.277. The maximum absolute atomic E-state index is 5.83. The SMILES string of the molecule is COc1ccc(C(N)=S)c(Oc2cccnc2C)c1. The van der Waals surface area contributed by atoms with Gasteiger partial charge < -0.3 is 15.2 Å². The summed E-state index contributed by atoms with van der Waals surface area (Å²) in [7, 11) is 1.59. The van der Waals surface area contributed by atoms with E-state index in [1.54, 1.807) is 31.5 Å². The van der Waals surface area contributed by atoms with Crippen molar-refractivity contribution in [3.63, 3.8) is 0 Å². The zero-order valence-electron chi connectivity index (χ0n) is 10.7. The topological polar surface area (TPSA) is 57.4 Å². The summed E-state index contributed by atoms with van der Waals surface area (Å²) in [5, 5.41) is 0. The third-order valence-electron chi connectivity index (χ3n) is 2.63. The Morgan fingerprint density at radius 2 is 2.05 bits per heavy atom. The number of aryl methyl sites for hydroxylation is 1. The van der Waals surface area contributed by atoms with Gasteiger partial charge in [0.15, 0.2) is 0 Å². The first-order chi connectivity index (χ1) is 9.11. The second-order valence-corrected chi connectivity index (χ2v) is 4.36. The molecule has 0 saturated heterocycles. The van der Waals surface area contributed by atoms with Gasteiger partial charge >= 0.3 is 0 Å². The lowest BCUT2D eigenvalue weighted by Gasteiger charge is -2.12. The molecule has 0 radical (unpaired) electrons. The molecule has 0 spiro atoms. The Morgan fingerprint density at radius 3 is 2.68 bits per heavy atom. The number of hydrogen-bond donors (Lipinski definition) is 1. The second-order valence-electron chi connectivity index (χ2n) is 3.92. The number of rotatable bonds is 4. The summed E-state index contributed by atoms with van der Waals surface area (Å²) >= 11 is 5.02. The number of hydrogen-bond acceptors (Lipinski definition) is 4. The minimum atomic E-state index is 0.277. The normalized spacial score (nSPS) is 10.0. The molecule has 0 fully saturated rings. The zero-order chi connectivity index (χ0) is 13.8. The van der Waals surface area contributed by atoms with E-state index < -0.39 is 0 Å². The highest BCUT2D eigenvalue weighted by atomic mass is 32.1. The lowest BCUT2D eigenvalue weighted by Crippen LogP contribution is -2.11. The van der Waals surface area contributed by atoms with Gasteiger partial charge in [-0.2, -0.15) is 0 Å². The van der Waals surface area contributed by atoms with Crippen molar-refractivity contribution in [1.29, 1.82) is 0 Å². The fourth-order valence-corrected chi connectivity index (χ4v) is 1.78. The highest BCUT2D eigenvalue weighted by Gasteiger charge is 2.10. The summed E-state index contributed by atoms with van der Waals surface area (Å²) in [5.74, 6) is 1.90. The van der Waals surface area contributed by atoms with Crippen molar-refractivity contribution in [3.05, 3.63) is 47.8 Å². The van der Waals surface area contributed by atoms with Crippen LogP contribution in [0.25, 0.3) is 0 Å². The van der Waals surface area contributed by atoms with Crippen LogP contribution in [0.15, 0.2) is 36.5 Å². The van der Waals surface area contributed by atoms with Gasteiger partial charge in [-0.3, -0.25) is 4.98 Å². The molecule has 0 aliphatic carbocycles. The smallest absolute Gasteiger partial charge is 0.148 e. The number of nitrogens with zero attached hydrogens (tertiary/aromatic N) is 1. The largest absolute Gasteiger partial charge is 0.497 e. The quantitative estimate of drug-likeness (QED) is 0.869. The van der Waals surface area contributed by atoms with Gasteiger partial charge in [-0.05, 0) is 31.2 Å². The fourth-order valence-electron chi connectivity index (χ4n) is 1.61. The zero-order valence-corrected chi connectivity index (χ0v) is 11.5. The summed E-state index contributed by atoms with van der Waals surface area (Å²) in [6.07, 6.45) is 1.71. The van der Waals surface area contributed by atoms with Crippen LogP contribution >= 0.6 is 12.2 Å². The van der Waals surface area contributed by atoms with Crippen LogP contribution in [0, 0.1) is 6.92 Å². The Hall–Kier alpha value is -2.14. The fraction of sp³-hybridized carbons (Fsp3) is 0.143. The van der Waals surface area contributed by atoms with E-state index in [-0.39, 0.29) is 4.99 Å². The maximum atomic E-state index is 5.83. The molecule has 1 aromatic heterocycles. The van der Waals surface area contributed by atoms with Crippen molar-refractivity contribution < 1.29 is 9.47 Å². The van der Waals surface area contributed by atoms with Crippen LogP contribution in [0.1, 0.15) is 11.3 Å². The van der Waals surface area contributed by atoms with E-state index >= 15 is 0 Å². The molecular formula is C14H14N2O2S. The summed E-state index contributed by atoms with van der Waals surface area (Å²) in [6.45, 7) is 1.87. The molecule has 19 heavy (non-hydrogen) atoms. The van der Waals surface area contributed by atoms with Crippen molar-refractivity contribution in [1.82, 2.24) is 4.98 Å². The Morgan fingerprint density at radius 1 is 1.26 bits per heavy atom. The minimum Gasteiger partial charge on any atom is -0.497 e. The van der Waals surface area contributed by atoms with Gasteiger partial charge in [-0.25, -0.2) is 0 Å². The number of benzene rings is 1. The van der Waals surface area contributed by atoms with Crippen molar-refractivity contribution in [3.8, 4) is 17.2 Å². The van der Waals surface area contributed by atoms with E-state index in [9.17, 15) is 0 Å². The summed E-state index contributed by atoms with van der Waals surface area (Å²) in [5.41, 5.74) is 7.15. The van der Waals surface area contributed by atoms with E-state index in [1.165, 1.54) is 0 Å². The van der Waals surface area contributed by atoms with Crippen molar-refractivity contribution >= 4 is 17.2 Å². The average Bonchev–Trinajstić information content (AvgIpc) is 2.41. The van der Waals surface area contributed by atoms with E-state index in [0.29, 0.717) is 22.8 Å². The molecule has 0 bridgehead atoms. The molecular weight excluding hydrogens is 260 g/mol. The van der Waals surface area contributed by atoms with Gasteiger partial charge in [-0.1, -0.05) is 12.2 Å². The van der Waals surface area contributed by atoms with Crippen LogP contribution < -0.4 is 15.2 Å². The lowest BCUT2D eigenvalue weighted by molar-refractivity contribution is 0.408. The van der Waals surface area contributed by atoms with Crippen LogP contribution in [0.4, 0.5) is 0 Å². The molecule has 4 nitrogen and oxygen atoms in total. The first kappa shape index (κ1) is 13.3. The molecule has 98 valence electrons. The first-order valence-electron chi connectivity index (χ1n) is 5.69. The molecule has 0 saturated carbocycles. The molecule has 2 N–H and O–H groups in total. The van der Waals surface area contributed by atoms with Gasteiger partial charge in [0.1, 0.15) is 22.2 Å². The van der Waals surface area contributed by atoms with Gasteiger partial charge in [0, 0.05) is 12.3 Å². The number of nitrogens with two attached hydrogens (primary N) is 1. The molecule has 0 atom stereocenters. The maximum Gasteiger partial charge on any atom is 0.148 e. The van der Waals surface area contributed by atoms with Gasteiger partial charge in [0.05, 0.1) is 18.4 Å². The van der Waals surface area contributed by atoms with Gasteiger partial charge in [0.25, 0.3) is 0 Å². The highest BCUT2D eigenvalue weighted by molar-refractivity contribution is 7.80. The lowest BCUT2D eigenvalue weighted by atomic mass is 10.2. The molecule has 0 aliphatic heterocycles. The molecule has 0 amide bonds. The number of thiocarbonyl (C=S) groups is 1. The van der Waals surface area contributed by atoms with Crippen molar-refractivity contribution in [2.75, 3.05) is 7.11 Å². The van der Waals surface area contributed by atoms with Crippen LogP contribution in [0.3, 0.4) is 0 Å². The number of methoxy groups -OCH3 is 1. The molecule has 2 rings (SSSR count). The standard InChI is InChI=1S/C14H14N2O2S/c1-9-12(4-3-7-16-9)18-13-8-10(17-2)5-6-11(13)14(15)19/h3-8H,1-2H3,(H2,15,19). The third-order valence-corrected chi connectivity index (χ3v) is 2.85. The number of ether oxygens (including phenoxy) is 2. The van der Waals surface area contributed by atoms with E-state index in [1.807, 2.05) is 19.1 Å². The molecule has 2 aromatic rings. The van der Waals surface area contributed by atoms with Crippen molar-refractivity contribution in [2.45, 2.75) is 6.92 Å². The Bertz CT molecular complexity index is 614. The number of aromatic nitrogens is 1. The monoisotopic (exact) mass is 274 g/mol. The Labute approximate surface area is 117 Å². The van der Waals surface area contributed by atoms with Crippen LogP contribution in [0.2, 0.25) is 0 Å². The Balaban J connectivity index is 2.43. The van der Waals surface area contributed by atoms with E-state index in [0.717, 1.165) is 5.69 Å². The number of pyridine rings is 1. The van der Waals surface area contributed by atoms with Crippen LogP contribution in [-0.4, -0.2) is 17.1 Å². The molecule has 0 aliphatic rings. The average molecular weight is 274 g/mol. The first-order valence-corrected chi connectivity index (χ1v) is 6.10. The van der Waals surface area contributed by atoms with E-state index in [4.69, 9.17) is 27.4 Å². The highest BCUT2D eigenvalue weighted by Crippen LogP contribution is 2.30. The van der Waals surface area contributed by atoms with Gasteiger partial charge in [-0.15, -0.1) is 0 Å². The molecule has 5 heteroatoms. The molecule has 1 aromatic carbocycles. The second kappa shape index (κ2) is 5.67. The van der Waals surface area contributed by atoms with Crippen molar-refractivity contribution in [2.24, 2.45) is 5.73 Å². The van der Waals surface area contributed by atoms with Gasteiger partial charge in [0.2, 0.25) is 0 Å². The van der Waals surface area contributed by atoms with E-state index in [2.05, 4.69) is 4.98 Å². The summed E-state index contributed by atoms with van der Waals surface area (Å²) in [4.78, 5) is 4.45. The third kappa shape index (κ3) is 3.00. The van der Waals surface area contributed by atoms with Crippen LogP contribution in [0.5, 0.6) is 17.2 Å². The predicted molar refractivity (Wildman–Crippen MR) is 77.9 cm³/mol. The molecule has 1 heterocycles. The summed E-state index contributed by atoms with van der Waals surface area (Å²) in [6, 6.07) is 8.97.